The number of rotatable bonds is 6. The summed E-state index contributed by atoms with van der Waals surface area (Å²) in [6, 6.07) is 17.6. The zero-order valence-electron chi connectivity index (χ0n) is 18.3. The van der Waals surface area contributed by atoms with Crippen LogP contribution in [0.3, 0.4) is 0 Å². The monoisotopic (exact) mass is 451 g/mol. The highest BCUT2D eigenvalue weighted by atomic mass is 35.5. The van der Waals surface area contributed by atoms with Crippen LogP contribution in [0.15, 0.2) is 73.1 Å². The lowest BCUT2D eigenvalue weighted by Crippen LogP contribution is -2.47. The van der Waals surface area contributed by atoms with Crippen molar-refractivity contribution >= 4 is 29.3 Å². The zero-order valence-corrected chi connectivity index (χ0v) is 19.0. The molecule has 7 heteroatoms. The second kappa shape index (κ2) is 10.3. The Bertz CT molecular complexity index is 1050. The first-order valence-corrected chi connectivity index (χ1v) is 10.6. The molecule has 1 atom stereocenters. The second-order valence-electron chi connectivity index (χ2n) is 8.33. The Morgan fingerprint density at radius 1 is 0.938 bits per heavy atom. The van der Waals surface area contributed by atoms with E-state index in [1.165, 1.54) is 0 Å². The van der Waals surface area contributed by atoms with Crippen molar-refractivity contribution in [1.82, 2.24) is 10.3 Å². The largest absolute Gasteiger partial charge is 0.444 e. The Morgan fingerprint density at radius 2 is 1.53 bits per heavy atom. The minimum absolute atomic E-state index is 0.289. The number of amides is 2. The Balaban J connectivity index is 1.73. The minimum atomic E-state index is -0.828. The number of carbonyl (C=O) groups excluding carboxylic acids is 2. The molecule has 0 aliphatic carbocycles. The predicted molar refractivity (Wildman–Crippen MR) is 127 cm³/mol. The molecule has 0 radical (unpaired) electrons. The molecule has 0 saturated carbocycles. The average molecular weight is 452 g/mol. The maximum atomic E-state index is 13.0. The SMILES string of the molecule is CC(C)(C)OC(=O)N[C@H](Cc1ccc(Cl)cc1)C(=O)Nc1ccc(-c2ccncc2)cc1. The maximum Gasteiger partial charge on any atom is 0.408 e. The van der Waals surface area contributed by atoms with Crippen molar-refractivity contribution in [3.8, 4) is 11.1 Å². The second-order valence-corrected chi connectivity index (χ2v) is 8.77. The molecule has 2 amide bonds. The van der Waals surface area contributed by atoms with E-state index in [0.29, 0.717) is 10.7 Å². The van der Waals surface area contributed by atoms with E-state index in [-0.39, 0.29) is 12.3 Å². The number of anilines is 1. The molecule has 0 unspecified atom stereocenters. The molecule has 0 aliphatic rings. The number of hydrogen-bond acceptors (Lipinski definition) is 4. The smallest absolute Gasteiger partial charge is 0.408 e. The number of pyridine rings is 1. The van der Waals surface area contributed by atoms with Crippen LogP contribution in [0.5, 0.6) is 0 Å². The van der Waals surface area contributed by atoms with E-state index in [4.69, 9.17) is 16.3 Å². The zero-order chi connectivity index (χ0) is 23.1. The molecular formula is C25H26ClN3O3. The van der Waals surface area contributed by atoms with Gasteiger partial charge in [-0.15, -0.1) is 0 Å². The molecule has 2 N–H and O–H groups in total. The highest BCUT2D eigenvalue weighted by Gasteiger charge is 2.25. The van der Waals surface area contributed by atoms with Crippen LogP contribution in [0.4, 0.5) is 10.5 Å². The van der Waals surface area contributed by atoms with Crippen molar-refractivity contribution < 1.29 is 14.3 Å². The molecule has 6 nitrogen and oxygen atoms in total. The molecule has 0 saturated heterocycles. The highest BCUT2D eigenvalue weighted by molar-refractivity contribution is 6.30. The summed E-state index contributed by atoms with van der Waals surface area (Å²) in [6.45, 7) is 5.31. The van der Waals surface area contributed by atoms with Crippen molar-refractivity contribution in [2.75, 3.05) is 5.32 Å². The summed E-state index contributed by atoms with van der Waals surface area (Å²) in [4.78, 5) is 29.4. The molecule has 0 bridgehead atoms. The van der Waals surface area contributed by atoms with Crippen LogP contribution >= 0.6 is 11.6 Å². The fourth-order valence-electron chi connectivity index (χ4n) is 3.04. The van der Waals surface area contributed by atoms with Gasteiger partial charge in [0.2, 0.25) is 5.91 Å². The number of alkyl carbamates (subject to hydrolysis) is 1. The van der Waals surface area contributed by atoms with Crippen LogP contribution < -0.4 is 10.6 Å². The van der Waals surface area contributed by atoms with Gasteiger partial charge in [0.1, 0.15) is 11.6 Å². The molecule has 0 fully saturated rings. The summed E-state index contributed by atoms with van der Waals surface area (Å²) < 4.78 is 5.33. The topological polar surface area (TPSA) is 80.3 Å². The Kier molecular flexibility index (Phi) is 7.49. The van der Waals surface area contributed by atoms with E-state index in [2.05, 4.69) is 15.6 Å². The molecule has 3 aromatic rings. The molecule has 1 aromatic heterocycles. The summed E-state index contributed by atoms with van der Waals surface area (Å²) in [5.74, 6) is -0.345. The van der Waals surface area contributed by atoms with Gasteiger partial charge >= 0.3 is 6.09 Å². The van der Waals surface area contributed by atoms with Gasteiger partial charge in [-0.05, 0) is 73.9 Å². The van der Waals surface area contributed by atoms with E-state index in [1.807, 2.05) is 48.5 Å². The van der Waals surface area contributed by atoms with Crippen molar-refractivity contribution in [2.45, 2.75) is 38.8 Å². The van der Waals surface area contributed by atoms with E-state index in [1.54, 1.807) is 45.3 Å². The third kappa shape index (κ3) is 7.10. The van der Waals surface area contributed by atoms with Gasteiger partial charge in [-0.3, -0.25) is 9.78 Å². The molecule has 166 valence electrons. The molecular weight excluding hydrogens is 426 g/mol. The Hall–Kier alpha value is -3.38. The molecule has 32 heavy (non-hydrogen) atoms. The molecule has 1 heterocycles. The summed E-state index contributed by atoms with van der Waals surface area (Å²) in [5, 5.41) is 6.15. The molecule has 2 aromatic carbocycles. The number of nitrogens with zero attached hydrogens (tertiary/aromatic N) is 1. The third-order valence-corrected chi connectivity index (χ3v) is 4.78. The number of benzene rings is 2. The predicted octanol–water partition coefficient (Wildman–Crippen LogP) is 5.48. The average Bonchev–Trinajstić information content (AvgIpc) is 2.74. The molecule has 0 spiro atoms. The van der Waals surface area contributed by atoms with E-state index in [9.17, 15) is 9.59 Å². The quantitative estimate of drug-likeness (QED) is 0.520. The number of aromatic nitrogens is 1. The van der Waals surface area contributed by atoms with E-state index >= 15 is 0 Å². The number of ether oxygens (including phenoxy) is 1. The highest BCUT2D eigenvalue weighted by Crippen LogP contribution is 2.21. The van der Waals surface area contributed by atoms with Gasteiger partial charge in [0, 0.05) is 29.5 Å². The van der Waals surface area contributed by atoms with Crippen molar-refractivity contribution in [1.29, 1.82) is 0 Å². The Labute approximate surface area is 193 Å². The van der Waals surface area contributed by atoms with Crippen LogP contribution in [0.25, 0.3) is 11.1 Å². The van der Waals surface area contributed by atoms with Crippen LogP contribution in [-0.4, -0.2) is 28.6 Å². The lowest BCUT2D eigenvalue weighted by atomic mass is 10.0. The van der Waals surface area contributed by atoms with Gasteiger partial charge in [-0.2, -0.15) is 0 Å². The fraction of sp³-hybridized carbons (Fsp3) is 0.240. The number of carbonyl (C=O) groups is 2. The van der Waals surface area contributed by atoms with Gasteiger partial charge in [0.15, 0.2) is 0 Å². The maximum absolute atomic E-state index is 13.0. The first-order valence-electron chi connectivity index (χ1n) is 10.2. The normalized spacial score (nSPS) is 12.0. The van der Waals surface area contributed by atoms with E-state index in [0.717, 1.165) is 16.7 Å². The fourth-order valence-corrected chi connectivity index (χ4v) is 3.16. The van der Waals surface area contributed by atoms with Crippen LogP contribution in [0.1, 0.15) is 26.3 Å². The summed E-state index contributed by atoms with van der Waals surface area (Å²) in [5.41, 5.74) is 2.85. The minimum Gasteiger partial charge on any atom is -0.444 e. The first-order chi connectivity index (χ1) is 15.2. The van der Waals surface area contributed by atoms with Crippen LogP contribution in [0, 0.1) is 0 Å². The van der Waals surface area contributed by atoms with Crippen molar-refractivity contribution in [3.63, 3.8) is 0 Å². The van der Waals surface area contributed by atoms with Gasteiger partial charge in [0.25, 0.3) is 0 Å². The lowest BCUT2D eigenvalue weighted by molar-refractivity contribution is -0.118. The van der Waals surface area contributed by atoms with Gasteiger partial charge in [0.05, 0.1) is 0 Å². The van der Waals surface area contributed by atoms with E-state index < -0.39 is 17.7 Å². The number of hydrogen-bond donors (Lipinski definition) is 2. The number of nitrogens with one attached hydrogen (secondary N) is 2. The summed E-state index contributed by atoms with van der Waals surface area (Å²) in [6.07, 6.45) is 3.10. The van der Waals surface area contributed by atoms with Crippen molar-refractivity contribution in [2.24, 2.45) is 0 Å². The van der Waals surface area contributed by atoms with Crippen molar-refractivity contribution in [3.05, 3.63) is 83.6 Å². The summed E-state index contributed by atoms with van der Waals surface area (Å²) >= 11 is 5.96. The third-order valence-electron chi connectivity index (χ3n) is 4.53. The van der Waals surface area contributed by atoms with Crippen LogP contribution in [0.2, 0.25) is 5.02 Å². The van der Waals surface area contributed by atoms with Gasteiger partial charge in [-0.1, -0.05) is 35.9 Å². The Morgan fingerprint density at radius 3 is 2.12 bits per heavy atom. The van der Waals surface area contributed by atoms with Gasteiger partial charge < -0.3 is 15.4 Å². The summed E-state index contributed by atoms with van der Waals surface area (Å²) in [7, 11) is 0. The standard InChI is InChI=1S/C25H26ClN3O3/c1-25(2,3)32-24(31)29-22(16-17-4-8-20(26)9-5-17)23(30)28-21-10-6-18(7-11-21)19-12-14-27-15-13-19/h4-15,22H,16H2,1-3H3,(H,28,30)(H,29,31)/t22-/m1/s1. The van der Waals surface area contributed by atoms with Gasteiger partial charge in [-0.25, -0.2) is 4.79 Å². The lowest BCUT2D eigenvalue weighted by Gasteiger charge is -2.23. The molecule has 0 aliphatic heterocycles. The van der Waals surface area contributed by atoms with Crippen LogP contribution in [-0.2, 0) is 16.0 Å². The number of halogens is 1. The molecule has 3 rings (SSSR count). The first kappa shape index (κ1) is 23.3.